The summed E-state index contributed by atoms with van der Waals surface area (Å²) >= 11 is 1.38. The van der Waals surface area contributed by atoms with E-state index in [-0.39, 0.29) is 11.7 Å². The average molecular weight is 316 g/mol. The molecule has 1 saturated carbocycles. The number of carbonyl (C=O) groups excluding carboxylic acids is 3. The number of amides is 2. The van der Waals surface area contributed by atoms with Gasteiger partial charge in [0.1, 0.15) is 4.87 Å². The molecule has 0 aromatic heterocycles. The highest BCUT2D eigenvalue weighted by Crippen LogP contribution is 2.69. The summed E-state index contributed by atoms with van der Waals surface area (Å²) in [5.74, 6) is 0.269. The van der Waals surface area contributed by atoms with Crippen LogP contribution in [-0.4, -0.2) is 53.0 Å². The maximum absolute atomic E-state index is 12.4. The lowest BCUT2D eigenvalue weighted by Gasteiger charge is -2.64. The predicted octanol–water partition coefficient (Wildman–Crippen LogP) is 2.07. The molecule has 0 aromatic carbocycles. The SMILES string of the molecule is COC(=O)N1CSC2(N1C(=O)OC)C(C)(C)C(=O)C2(C)C. The van der Waals surface area contributed by atoms with Gasteiger partial charge in [-0.15, -0.1) is 11.8 Å². The lowest BCUT2D eigenvalue weighted by Crippen LogP contribution is -2.79. The summed E-state index contributed by atoms with van der Waals surface area (Å²) in [5.41, 5.74) is -1.59. The second kappa shape index (κ2) is 4.53. The van der Waals surface area contributed by atoms with Gasteiger partial charge in [0.25, 0.3) is 0 Å². The Morgan fingerprint density at radius 1 is 1.05 bits per heavy atom. The number of methoxy groups -OCH3 is 2. The zero-order chi connectivity index (χ0) is 16.2. The van der Waals surface area contributed by atoms with Crippen molar-refractivity contribution in [3.05, 3.63) is 0 Å². The van der Waals surface area contributed by atoms with Gasteiger partial charge in [0.2, 0.25) is 0 Å². The third kappa shape index (κ3) is 1.59. The largest absolute Gasteiger partial charge is 0.451 e. The van der Waals surface area contributed by atoms with Crippen LogP contribution >= 0.6 is 11.8 Å². The molecule has 0 bridgehead atoms. The van der Waals surface area contributed by atoms with E-state index in [1.165, 1.54) is 36.0 Å². The third-order valence-electron chi connectivity index (χ3n) is 4.50. The Labute approximate surface area is 127 Å². The number of hydrogen-bond acceptors (Lipinski definition) is 6. The smallest absolute Gasteiger partial charge is 0.430 e. The molecule has 1 heterocycles. The summed E-state index contributed by atoms with van der Waals surface area (Å²) in [6, 6.07) is 0. The quantitative estimate of drug-likeness (QED) is 0.681. The van der Waals surface area contributed by atoms with Gasteiger partial charge in [0.05, 0.1) is 30.9 Å². The molecule has 0 N–H and O–H groups in total. The molecule has 1 aliphatic carbocycles. The van der Waals surface area contributed by atoms with Crippen molar-refractivity contribution in [1.29, 1.82) is 0 Å². The van der Waals surface area contributed by atoms with Crippen LogP contribution in [0.4, 0.5) is 9.59 Å². The Hall–Kier alpha value is -1.44. The molecule has 0 unspecified atom stereocenters. The predicted molar refractivity (Wildman–Crippen MR) is 76.2 cm³/mol. The summed E-state index contributed by atoms with van der Waals surface area (Å²) < 4.78 is 9.55. The second-order valence-electron chi connectivity index (χ2n) is 6.15. The first-order valence-electron chi connectivity index (χ1n) is 6.52. The van der Waals surface area contributed by atoms with Gasteiger partial charge in [0, 0.05) is 0 Å². The van der Waals surface area contributed by atoms with Crippen LogP contribution in [0.1, 0.15) is 27.7 Å². The number of ketones is 1. The minimum absolute atomic E-state index is 0.0446. The average Bonchev–Trinajstić information content (AvgIpc) is 2.87. The molecule has 118 valence electrons. The third-order valence-corrected chi connectivity index (χ3v) is 6.48. The van der Waals surface area contributed by atoms with E-state index in [4.69, 9.17) is 9.47 Å². The van der Waals surface area contributed by atoms with Crippen LogP contribution in [0.5, 0.6) is 0 Å². The first-order valence-corrected chi connectivity index (χ1v) is 7.50. The fourth-order valence-corrected chi connectivity index (χ4v) is 5.43. The Balaban J connectivity index is 2.55. The van der Waals surface area contributed by atoms with Crippen LogP contribution in [0.15, 0.2) is 0 Å². The van der Waals surface area contributed by atoms with Gasteiger partial charge in [-0.05, 0) is 27.7 Å². The number of Topliss-reactive ketones (excluding diaryl/α,β-unsaturated/α-hetero) is 1. The molecular formula is C13H20N2O5S. The Morgan fingerprint density at radius 2 is 1.52 bits per heavy atom. The van der Waals surface area contributed by atoms with Crippen molar-refractivity contribution in [2.45, 2.75) is 32.6 Å². The van der Waals surface area contributed by atoms with Gasteiger partial charge in [-0.3, -0.25) is 4.79 Å². The highest BCUT2D eigenvalue weighted by Gasteiger charge is 2.80. The summed E-state index contributed by atoms with van der Waals surface area (Å²) in [5, 5.41) is 2.43. The normalized spacial score (nSPS) is 24.8. The number of rotatable bonds is 0. The van der Waals surface area contributed by atoms with Gasteiger partial charge in [-0.25, -0.2) is 14.6 Å². The van der Waals surface area contributed by atoms with Crippen LogP contribution < -0.4 is 0 Å². The van der Waals surface area contributed by atoms with E-state index in [1.807, 2.05) is 0 Å². The monoisotopic (exact) mass is 316 g/mol. The number of hydrogen-bond donors (Lipinski definition) is 0. The van der Waals surface area contributed by atoms with Crippen molar-refractivity contribution in [2.75, 3.05) is 20.1 Å². The maximum atomic E-state index is 12.4. The van der Waals surface area contributed by atoms with Crippen LogP contribution in [0.2, 0.25) is 0 Å². The molecule has 2 fully saturated rings. The molecule has 8 heteroatoms. The number of carbonyl (C=O) groups is 3. The Bertz CT molecular complexity index is 499. The molecule has 1 aliphatic heterocycles. The van der Waals surface area contributed by atoms with E-state index in [0.29, 0.717) is 0 Å². The number of hydrazine groups is 1. The van der Waals surface area contributed by atoms with Crippen LogP contribution in [0.3, 0.4) is 0 Å². The van der Waals surface area contributed by atoms with Gasteiger partial charge in [0.15, 0.2) is 5.78 Å². The highest BCUT2D eigenvalue weighted by molar-refractivity contribution is 8.01. The lowest BCUT2D eigenvalue weighted by atomic mass is 9.50. The zero-order valence-electron chi connectivity index (χ0n) is 13.1. The van der Waals surface area contributed by atoms with Crippen molar-refractivity contribution in [3.8, 4) is 0 Å². The molecule has 2 rings (SSSR count). The molecule has 7 nitrogen and oxygen atoms in total. The van der Waals surface area contributed by atoms with Gasteiger partial charge in [-0.2, -0.15) is 5.01 Å². The molecular weight excluding hydrogens is 296 g/mol. The van der Waals surface area contributed by atoms with Gasteiger partial charge < -0.3 is 9.47 Å². The fourth-order valence-electron chi connectivity index (χ4n) is 3.69. The van der Waals surface area contributed by atoms with E-state index >= 15 is 0 Å². The van der Waals surface area contributed by atoms with E-state index in [0.717, 1.165) is 0 Å². The molecule has 2 amide bonds. The minimum Gasteiger partial charge on any atom is -0.451 e. The molecule has 21 heavy (non-hydrogen) atoms. The molecule has 0 aromatic rings. The standard InChI is InChI=1S/C13H20N2O5S/c1-11(2)8(16)12(3,4)13(11)15(10(18)20-6)14(7-21-13)9(17)19-5/h7H2,1-6H3. The molecule has 0 radical (unpaired) electrons. The van der Waals surface area contributed by atoms with Crippen molar-refractivity contribution < 1.29 is 23.9 Å². The van der Waals surface area contributed by atoms with Crippen LogP contribution in [0, 0.1) is 10.8 Å². The second-order valence-corrected chi connectivity index (χ2v) is 7.29. The highest BCUT2D eigenvalue weighted by atomic mass is 32.2. The molecule has 2 aliphatic rings. The molecule has 1 spiro atoms. The summed E-state index contributed by atoms with van der Waals surface area (Å²) in [7, 11) is 2.49. The number of thioether (sulfide) groups is 1. The van der Waals surface area contributed by atoms with Crippen LogP contribution in [-0.2, 0) is 14.3 Å². The van der Waals surface area contributed by atoms with Crippen molar-refractivity contribution in [3.63, 3.8) is 0 Å². The number of nitrogens with zero attached hydrogens (tertiary/aromatic N) is 2. The van der Waals surface area contributed by atoms with E-state index < -0.39 is 27.9 Å². The van der Waals surface area contributed by atoms with Crippen molar-refractivity contribution in [1.82, 2.24) is 10.0 Å². The first-order chi connectivity index (χ1) is 9.59. The summed E-state index contributed by atoms with van der Waals surface area (Å²) in [6.45, 7) is 7.13. The van der Waals surface area contributed by atoms with Crippen molar-refractivity contribution in [2.24, 2.45) is 10.8 Å². The molecule has 1 saturated heterocycles. The van der Waals surface area contributed by atoms with Gasteiger partial charge in [-0.1, -0.05) is 0 Å². The fraction of sp³-hybridized carbons (Fsp3) is 0.769. The van der Waals surface area contributed by atoms with Crippen LogP contribution in [0.25, 0.3) is 0 Å². The van der Waals surface area contributed by atoms with E-state index in [9.17, 15) is 14.4 Å². The topological polar surface area (TPSA) is 76.2 Å². The number of ether oxygens (including phenoxy) is 2. The van der Waals surface area contributed by atoms with Gasteiger partial charge >= 0.3 is 12.2 Å². The zero-order valence-corrected chi connectivity index (χ0v) is 13.9. The maximum Gasteiger partial charge on any atom is 0.430 e. The van der Waals surface area contributed by atoms with E-state index in [2.05, 4.69) is 0 Å². The first kappa shape index (κ1) is 15.9. The summed E-state index contributed by atoms with van der Waals surface area (Å²) in [6.07, 6.45) is -1.34. The Kier molecular flexibility index (Phi) is 3.44. The van der Waals surface area contributed by atoms with Crippen molar-refractivity contribution >= 4 is 29.7 Å². The minimum atomic E-state index is -0.877. The summed E-state index contributed by atoms with van der Waals surface area (Å²) in [4.78, 5) is 35.8. The lowest BCUT2D eigenvalue weighted by molar-refractivity contribution is -0.187. The Morgan fingerprint density at radius 3 is 1.95 bits per heavy atom. The molecule has 0 atom stereocenters. The van der Waals surface area contributed by atoms with E-state index in [1.54, 1.807) is 27.7 Å².